The van der Waals surface area contributed by atoms with Gasteiger partial charge in [-0.05, 0) is 20.3 Å². The topological polar surface area (TPSA) is 20.2 Å². The van der Waals surface area contributed by atoms with Gasteiger partial charge in [0.2, 0.25) is 0 Å². The van der Waals surface area contributed by atoms with E-state index in [0.717, 1.165) is 0 Å². The Balaban J connectivity index is 2.82. The largest absolute Gasteiger partial charge is 0.386 e. The van der Waals surface area contributed by atoms with E-state index in [4.69, 9.17) is 0 Å². The molecule has 1 aliphatic carbocycles. The number of hydrogen-bond acceptors (Lipinski definition) is 1. The smallest absolute Gasteiger partial charge is 0.0837 e. The third-order valence-corrected chi connectivity index (χ3v) is 1.73. The molecule has 1 nitrogen and oxygen atoms in total. The lowest BCUT2D eigenvalue weighted by Crippen LogP contribution is -2.19. The second kappa shape index (κ2) is 3.05. The first-order valence-corrected chi connectivity index (χ1v) is 3.85. The normalized spacial score (nSPS) is 31.0. The van der Waals surface area contributed by atoms with Crippen molar-refractivity contribution in [2.75, 3.05) is 0 Å². The van der Waals surface area contributed by atoms with Gasteiger partial charge in [0.1, 0.15) is 0 Å². The molecule has 1 aliphatic rings. The molecule has 0 aliphatic heterocycles. The van der Waals surface area contributed by atoms with Crippen LogP contribution in [-0.2, 0) is 0 Å². The number of hydrogen-bond donors (Lipinski definition) is 1. The summed E-state index contributed by atoms with van der Waals surface area (Å²) in [6, 6.07) is 0. The molecule has 0 aromatic rings. The molecule has 0 bridgehead atoms. The van der Waals surface area contributed by atoms with E-state index in [9.17, 15) is 5.11 Å². The van der Waals surface area contributed by atoms with E-state index in [1.165, 1.54) is 5.57 Å². The summed E-state index contributed by atoms with van der Waals surface area (Å²) < 4.78 is 0. The number of rotatable bonds is 0. The van der Waals surface area contributed by atoms with Crippen molar-refractivity contribution >= 4 is 0 Å². The molecule has 0 saturated carbocycles. The van der Waals surface area contributed by atoms with Gasteiger partial charge in [-0.25, -0.2) is 0 Å². The Kier molecular flexibility index (Phi) is 2.30. The lowest BCUT2D eigenvalue weighted by atomic mass is 9.99. The van der Waals surface area contributed by atoms with E-state index < -0.39 is 5.60 Å². The Morgan fingerprint density at radius 3 is 3.00 bits per heavy atom. The summed E-state index contributed by atoms with van der Waals surface area (Å²) in [4.78, 5) is 0. The van der Waals surface area contributed by atoms with Crippen LogP contribution in [0.2, 0.25) is 0 Å². The third-order valence-electron chi connectivity index (χ3n) is 1.73. The van der Waals surface area contributed by atoms with Crippen LogP contribution in [0.3, 0.4) is 0 Å². The summed E-state index contributed by atoms with van der Waals surface area (Å²) in [5, 5.41) is 9.60. The van der Waals surface area contributed by atoms with Crippen LogP contribution in [-0.4, -0.2) is 10.7 Å². The van der Waals surface area contributed by atoms with Crippen molar-refractivity contribution in [1.29, 1.82) is 0 Å². The van der Waals surface area contributed by atoms with Gasteiger partial charge in [0, 0.05) is 0 Å². The zero-order valence-electron chi connectivity index (χ0n) is 7.04. The quantitative estimate of drug-likeness (QED) is 0.561. The first-order valence-electron chi connectivity index (χ1n) is 3.85. The first-order chi connectivity index (χ1) is 5.10. The maximum Gasteiger partial charge on any atom is 0.0837 e. The van der Waals surface area contributed by atoms with Crippen LogP contribution in [0.25, 0.3) is 0 Å². The highest BCUT2D eigenvalue weighted by molar-refractivity contribution is 5.25. The Labute approximate surface area is 67.7 Å². The highest BCUT2D eigenvalue weighted by Gasteiger charge is 2.13. The molecule has 11 heavy (non-hydrogen) atoms. The maximum atomic E-state index is 9.60. The monoisotopic (exact) mass is 150 g/mol. The van der Waals surface area contributed by atoms with Crippen LogP contribution in [0.4, 0.5) is 0 Å². The minimum absolute atomic E-state index is 0.673. The Hall–Kier alpha value is -0.820. The van der Waals surface area contributed by atoms with Gasteiger partial charge in [0.15, 0.2) is 0 Å². The van der Waals surface area contributed by atoms with Crippen molar-refractivity contribution in [3.05, 3.63) is 36.0 Å². The lowest BCUT2D eigenvalue weighted by molar-refractivity contribution is 0.115. The van der Waals surface area contributed by atoms with Gasteiger partial charge < -0.3 is 5.11 Å². The van der Waals surface area contributed by atoms with Gasteiger partial charge in [-0.1, -0.05) is 36.0 Å². The summed E-state index contributed by atoms with van der Waals surface area (Å²) in [5.41, 5.74) is 0.546. The van der Waals surface area contributed by atoms with Gasteiger partial charge in [-0.2, -0.15) is 0 Å². The fourth-order valence-electron chi connectivity index (χ4n) is 1.01. The molecule has 0 fully saturated rings. The zero-order chi connectivity index (χ0) is 8.32. The molecule has 1 rings (SSSR count). The molecule has 0 spiro atoms. The summed E-state index contributed by atoms with van der Waals surface area (Å²) in [6.07, 6.45) is 10.4. The van der Waals surface area contributed by atoms with E-state index in [0.29, 0.717) is 6.42 Å². The molecule has 0 aromatic heterocycles. The van der Waals surface area contributed by atoms with Gasteiger partial charge in [0.05, 0.1) is 5.60 Å². The average Bonchev–Trinajstić information content (AvgIpc) is 1.83. The van der Waals surface area contributed by atoms with Crippen molar-refractivity contribution in [3.63, 3.8) is 0 Å². The highest BCUT2D eigenvalue weighted by Crippen LogP contribution is 2.15. The number of aliphatic hydroxyl groups is 1. The van der Waals surface area contributed by atoms with Crippen LogP contribution in [0.1, 0.15) is 20.3 Å². The van der Waals surface area contributed by atoms with Gasteiger partial charge in [-0.15, -0.1) is 0 Å². The standard InChI is InChI=1S/C10H14O/c1-9-5-3-7-10(2,11)8-4-6-9/h3-7,11H,8H2,1-2H3. The lowest BCUT2D eigenvalue weighted by Gasteiger charge is -2.16. The molecular formula is C10H14O. The predicted octanol–water partition coefficient (Wildman–Crippen LogP) is 2.20. The van der Waals surface area contributed by atoms with Crippen LogP contribution < -0.4 is 0 Å². The minimum atomic E-state index is -0.673. The third kappa shape index (κ3) is 2.72. The Morgan fingerprint density at radius 2 is 2.27 bits per heavy atom. The van der Waals surface area contributed by atoms with Crippen molar-refractivity contribution in [3.8, 4) is 0 Å². The zero-order valence-corrected chi connectivity index (χ0v) is 7.04. The van der Waals surface area contributed by atoms with Crippen molar-refractivity contribution in [2.45, 2.75) is 25.9 Å². The molecule has 1 N–H and O–H groups in total. The van der Waals surface area contributed by atoms with E-state index in [1.54, 1.807) is 0 Å². The average molecular weight is 150 g/mol. The summed E-state index contributed by atoms with van der Waals surface area (Å²) in [6.45, 7) is 3.85. The molecular weight excluding hydrogens is 136 g/mol. The Bertz CT molecular complexity index is 219. The fourth-order valence-corrected chi connectivity index (χ4v) is 1.01. The summed E-state index contributed by atoms with van der Waals surface area (Å²) in [5.74, 6) is 0. The van der Waals surface area contributed by atoms with E-state index in [1.807, 2.05) is 44.2 Å². The first kappa shape index (κ1) is 8.28. The van der Waals surface area contributed by atoms with Crippen molar-refractivity contribution in [2.24, 2.45) is 0 Å². The number of allylic oxidation sites excluding steroid dienone is 4. The fraction of sp³-hybridized carbons (Fsp3) is 0.400. The predicted molar refractivity (Wildman–Crippen MR) is 47.3 cm³/mol. The van der Waals surface area contributed by atoms with Crippen LogP contribution >= 0.6 is 0 Å². The second-order valence-corrected chi connectivity index (χ2v) is 3.23. The SMILES string of the molecule is CC1=CC=CC(C)(O)CC=C1. The second-order valence-electron chi connectivity index (χ2n) is 3.23. The Morgan fingerprint density at radius 1 is 1.55 bits per heavy atom. The van der Waals surface area contributed by atoms with E-state index in [-0.39, 0.29) is 0 Å². The molecule has 1 heteroatoms. The molecule has 0 aromatic carbocycles. The summed E-state index contributed by atoms with van der Waals surface area (Å²) in [7, 11) is 0. The maximum absolute atomic E-state index is 9.60. The van der Waals surface area contributed by atoms with Gasteiger partial charge in [0.25, 0.3) is 0 Å². The van der Waals surface area contributed by atoms with Gasteiger partial charge in [-0.3, -0.25) is 0 Å². The van der Waals surface area contributed by atoms with Crippen LogP contribution in [0, 0.1) is 0 Å². The molecule has 1 atom stereocenters. The molecule has 0 heterocycles. The molecule has 1 unspecified atom stereocenters. The minimum Gasteiger partial charge on any atom is -0.386 e. The highest BCUT2D eigenvalue weighted by atomic mass is 16.3. The van der Waals surface area contributed by atoms with Crippen LogP contribution in [0.15, 0.2) is 36.0 Å². The van der Waals surface area contributed by atoms with Crippen molar-refractivity contribution in [1.82, 2.24) is 0 Å². The van der Waals surface area contributed by atoms with Crippen molar-refractivity contribution < 1.29 is 5.11 Å². The van der Waals surface area contributed by atoms with E-state index in [2.05, 4.69) is 0 Å². The molecule has 60 valence electrons. The summed E-state index contributed by atoms with van der Waals surface area (Å²) >= 11 is 0. The molecule has 0 amide bonds. The molecule has 0 saturated heterocycles. The van der Waals surface area contributed by atoms with Gasteiger partial charge >= 0.3 is 0 Å². The van der Waals surface area contributed by atoms with E-state index >= 15 is 0 Å². The molecule has 0 radical (unpaired) electrons. The van der Waals surface area contributed by atoms with Crippen LogP contribution in [0.5, 0.6) is 0 Å².